The van der Waals surface area contributed by atoms with E-state index in [0.717, 1.165) is 6.07 Å². The van der Waals surface area contributed by atoms with Crippen molar-refractivity contribution < 1.29 is 28.2 Å². The number of piperidine rings is 1. The summed E-state index contributed by atoms with van der Waals surface area (Å²) in [6.07, 6.45) is 4.15. The summed E-state index contributed by atoms with van der Waals surface area (Å²) in [4.78, 5) is 44.1. The van der Waals surface area contributed by atoms with Gasteiger partial charge in [0.15, 0.2) is 28.2 Å². The maximum atomic E-state index is 14.5. The van der Waals surface area contributed by atoms with E-state index in [1.807, 2.05) is 4.90 Å². The molecule has 5 rings (SSSR count). The number of halogens is 3. The van der Waals surface area contributed by atoms with Gasteiger partial charge in [-0.15, -0.1) is 11.3 Å². The van der Waals surface area contributed by atoms with Gasteiger partial charge in [0.1, 0.15) is 6.04 Å². The lowest BCUT2D eigenvalue weighted by Crippen LogP contribution is -2.42. The zero-order chi connectivity index (χ0) is 28.6. The lowest BCUT2D eigenvalue weighted by atomic mass is 9.85. The fraction of sp³-hybridized carbons (Fsp3) is 0.308. The Bertz CT molecular complexity index is 1540. The number of allylic oxidation sites excluding steroid dienone is 1. The molecule has 0 saturated carbocycles. The number of nitrogens with zero attached hydrogens (tertiary/aromatic N) is 5. The number of ether oxygens (including phenoxy) is 1. The highest BCUT2D eigenvalue weighted by Gasteiger charge is 2.38. The van der Waals surface area contributed by atoms with Gasteiger partial charge in [0, 0.05) is 53.6 Å². The quantitative estimate of drug-likeness (QED) is 0.320. The fourth-order valence-electron chi connectivity index (χ4n) is 4.82. The van der Waals surface area contributed by atoms with Crippen molar-refractivity contribution in [1.29, 1.82) is 0 Å². The monoisotopic (exact) mass is 588 g/mol. The molecule has 1 unspecified atom stereocenters. The average Bonchev–Trinajstić information content (AvgIpc) is 3.50. The van der Waals surface area contributed by atoms with Crippen molar-refractivity contribution in [3.05, 3.63) is 79.7 Å². The van der Waals surface area contributed by atoms with Crippen LogP contribution in [0.15, 0.2) is 46.2 Å². The number of benzene rings is 1. The normalized spacial score (nSPS) is 17.9. The molecule has 208 valence electrons. The highest BCUT2D eigenvalue weighted by Crippen LogP contribution is 2.41. The Morgan fingerprint density at radius 2 is 1.98 bits per heavy atom. The summed E-state index contributed by atoms with van der Waals surface area (Å²) >= 11 is 7.55. The van der Waals surface area contributed by atoms with E-state index in [0.29, 0.717) is 54.0 Å². The molecule has 0 spiro atoms. The summed E-state index contributed by atoms with van der Waals surface area (Å²) in [5.41, 5.74) is 1.16. The first-order valence-electron chi connectivity index (χ1n) is 12.2. The summed E-state index contributed by atoms with van der Waals surface area (Å²) in [5.74, 6) is -3.71. The predicted octanol–water partition coefficient (Wildman–Crippen LogP) is 4.31. The number of carbonyl (C=O) groups is 2. The maximum absolute atomic E-state index is 14.5. The molecule has 2 aliphatic heterocycles. The molecule has 2 aromatic heterocycles. The number of hydrogen-bond acceptors (Lipinski definition) is 10. The molecule has 14 heteroatoms. The van der Waals surface area contributed by atoms with Gasteiger partial charge in [-0.1, -0.05) is 17.7 Å². The number of carbonyl (C=O) groups excluding carboxylic acids is 1. The van der Waals surface area contributed by atoms with Crippen LogP contribution >= 0.6 is 22.9 Å². The van der Waals surface area contributed by atoms with Gasteiger partial charge in [0.25, 0.3) is 0 Å². The highest BCUT2D eigenvalue weighted by atomic mass is 35.5. The molecule has 0 aliphatic carbocycles. The van der Waals surface area contributed by atoms with Crippen LogP contribution < -0.4 is 10.2 Å². The zero-order valence-corrected chi connectivity index (χ0v) is 22.9. The van der Waals surface area contributed by atoms with Crippen molar-refractivity contribution in [2.45, 2.75) is 25.8 Å². The van der Waals surface area contributed by atoms with Crippen LogP contribution in [0.1, 0.15) is 45.5 Å². The second-order valence-corrected chi connectivity index (χ2v) is 10.5. The van der Waals surface area contributed by atoms with Gasteiger partial charge in [-0.05, 0) is 25.8 Å². The first-order valence-corrected chi connectivity index (χ1v) is 13.5. The molecular formula is C26H23ClF2N6O4S. The number of carboxylic acid groups (broad SMARTS) is 1. The van der Waals surface area contributed by atoms with Gasteiger partial charge < -0.3 is 20.1 Å². The van der Waals surface area contributed by atoms with Crippen molar-refractivity contribution >= 4 is 46.7 Å². The number of anilines is 1. The lowest BCUT2D eigenvalue weighted by molar-refractivity contribution is -0.136. The number of rotatable bonds is 6. The van der Waals surface area contributed by atoms with Crippen molar-refractivity contribution in [2.75, 3.05) is 25.1 Å². The third-order valence-corrected chi connectivity index (χ3v) is 7.99. The smallest absolute Gasteiger partial charge is 0.354 e. The number of nitrogens with one attached hydrogen (secondary N) is 1. The highest BCUT2D eigenvalue weighted by molar-refractivity contribution is 7.11. The van der Waals surface area contributed by atoms with E-state index in [-0.39, 0.29) is 22.7 Å². The zero-order valence-electron chi connectivity index (χ0n) is 21.3. The maximum Gasteiger partial charge on any atom is 0.354 e. The third kappa shape index (κ3) is 5.13. The third-order valence-electron chi connectivity index (χ3n) is 6.82. The molecule has 1 fully saturated rings. The molecule has 1 aromatic carbocycles. The van der Waals surface area contributed by atoms with Gasteiger partial charge in [-0.25, -0.2) is 33.3 Å². The largest absolute Gasteiger partial charge is 0.476 e. The number of esters is 1. The summed E-state index contributed by atoms with van der Waals surface area (Å²) in [5, 5.41) is 14.5. The molecule has 40 heavy (non-hydrogen) atoms. The Balaban J connectivity index is 1.53. The Morgan fingerprint density at radius 3 is 2.62 bits per heavy atom. The molecule has 4 heterocycles. The first kappa shape index (κ1) is 27.6. The molecule has 0 radical (unpaired) electrons. The first-order chi connectivity index (χ1) is 19.2. The predicted molar refractivity (Wildman–Crippen MR) is 144 cm³/mol. The van der Waals surface area contributed by atoms with Crippen LogP contribution in [0.4, 0.5) is 14.7 Å². The standard InChI is InChI=1S/C26H23ClF2N6O4S/c1-12-11-31-26(34-19(12)24(36)37)35-8-5-13(6-9-35)20-16(25(38)39-2)21(14-3-4-15(28)18(29)17(14)27)33-22(32-20)23-30-7-10-40-23/h3-4,7,10-11,13,21H,5-6,8-9H2,1-2H3,(H,32,33)(H,36,37). The van der Waals surface area contributed by atoms with Crippen molar-refractivity contribution in [3.63, 3.8) is 0 Å². The molecule has 0 amide bonds. The van der Waals surface area contributed by atoms with Crippen LogP contribution in [0.5, 0.6) is 0 Å². The van der Waals surface area contributed by atoms with Crippen LogP contribution in [-0.4, -0.2) is 58.0 Å². The van der Waals surface area contributed by atoms with Gasteiger partial charge in [-0.3, -0.25) is 4.99 Å². The van der Waals surface area contributed by atoms with E-state index < -0.39 is 34.6 Å². The van der Waals surface area contributed by atoms with Gasteiger partial charge in [-0.2, -0.15) is 0 Å². The van der Waals surface area contributed by atoms with E-state index in [9.17, 15) is 23.5 Å². The number of aryl methyl sites for hydroxylation is 1. The Kier molecular flexibility index (Phi) is 7.76. The SMILES string of the molecule is COC(=O)C1=C(C2CCN(c3ncc(C)c(C(=O)O)n3)CC2)NC(c2nccs2)=NC1c1ccc(F)c(F)c1Cl. The number of methoxy groups -OCH3 is 1. The van der Waals surface area contributed by atoms with E-state index >= 15 is 0 Å². The number of hydrogen-bond donors (Lipinski definition) is 2. The summed E-state index contributed by atoms with van der Waals surface area (Å²) in [7, 11) is 1.23. The van der Waals surface area contributed by atoms with Crippen molar-refractivity contribution in [3.8, 4) is 0 Å². The van der Waals surface area contributed by atoms with Crippen LogP contribution in [0, 0.1) is 24.5 Å². The average molecular weight is 589 g/mol. The molecule has 2 aliphatic rings. The topological polar surface area (TPSA) is 130 Å². The molecule has 3 aromatic rings. The Hall–Kier alpha value is -3.97. The van der Waals surface area contributed by atoms with Crippen molar-refractivity contribution in [2.24, 2.45) is 10.9 Å². The van der Waals surface area contributed by atoms with E-state index in [1.165, 1.54) is 30.7 Å². The number of amidine groups is 1. The second kappa shape index (κ2) is 11.3. The van der Waals surface area contributed by atoms with Crippen LogP contribution in [0.3, 0.4) is 0 Å². The van der Waals surface area contributed by atoms with Gasteiger partial charge in [0.2, 0.25) is 5.95 Å². The Morgan fingerprint density at radius 1 is 1.23 bits per heavy atom. The number of aliphatic imine (C=N–C) groups is 1. The number of aromatic nitrogens is 3. The van der Waals surface area contributed by atoms with Crippen LogP contribution in [-0.2, 0) is 9.53 Å². The minimum atomic E-state index is -1.23. The summed E-state index contributed by atoms with van der Waals surface area (Å²) in [6, 6.07) is 1.16. The minimum absolute atomic E-state index is 0.0627. The number of thiazole rings is 1. The molecule has 1 saturated heterocycles. The van der Waals surface area contributed by atoms with E-state index in [1.54, 1.807) is 18.5 Å². The van der Waals surface area contributed by atoms with Crippen LogP contribution in [0.25, 0.3) is 0 Å². The Labute approximate surface area is 236 Å². The minimum Gasteiger partial charge on any atom is -0.476 e. The molecule has 0 bridgehead atoms. The molecule has 1 atom stereocenters. The fourth-order valence-corrected chi connectivity index (χ4v) is 5.66. The molecule has 10 nitrogen and oxygen atoms in total. The second-order valence-electron chi connectivity index (χ2n) is 9.19. The number of aromatic carboxylic acids is 1. The molecule has 2 N–H and O–H groups in total. The van der Waals surface area contributed by atoms with Crippen LogP contribution in [0.2, 0.25) is 5.02 Å². The van der Waals surface area contributed by atoms with Gasteiger partial charge >= 0.3 is 11.9 Å². The molecular weight excluding hydrogens is 566 g/mol. The summed E-state index contributed by atoms with van der Waals surface area (Å²) in [6.45, 7) is 2.56. The van der Waals surface area contributed by atoms with E-state index in [4.69, 9.17) is 16.3 Å². The van der Waals surface area contributed by atoms with Crippen molar-refractivity contribution in [1.82, 2.24) is 20.3 Å². The van der Waals surface area contributed by atoms with Gasteiger partial charge in [0.05, 0.1) is 17.7 Å². The van der Waals surface area contributed by atoms with E-state index in [2.05, 4.69) is 25.3 Å². The lowest BCUT2D eigenvalue weighted by Gasteiger charge is -2.36. The number of carboxylic acids is 1. The summed E-state index contributed by atoms with van der Waals surface area (Å²) < 4.78 is 33.5.